The lowest BCUT2D eigenvalue weighted by Crippen LogP contribution is -2.32. The van der Waals surface area contributed by atoms with E-state index in [1.165, 1.54) is 7.11 Å². The molecule has 162 valence electrons. The van der Waals surface area contributed by atoms with Crippen molar-refractivity contribution in [1.82, 2.24) is 5.32 Å². The van der Waals surface area contributed by atoms with Crippen molar-refractivity contribution >= 4 is 41.1 Å². The van der Waals surface area contributed by atoms with Crippen LogP contribution in [0.5, 0.6) is 0 Å². The molecule has 30 heavy (non-hydrogen) atoms. The highest BCUT2D eigenvalue weighted by Gasteiger charge is 2.39. The number of hydrogen-bond acceptors (Lipinski definition) is 7. The van der Waals surface area contributed by atoms with Crippen molar-refractivity contribution in [2.75, 3.05) is 13.9 Å². The largest absolute Gasteiger partial charge is 0.466 e. The van der Waals surface area contributed by atoms with E-state index in [2.05, 4.69) is 5.32 Å². The number of halogens is 2. The molecule has 1 aromatic rings. The van der Waals surface area contributed by atoms with Gasteiger partial charge < -0.3 is 19.5 Å². The fourth-order valence-electron chi connectivity index (χ4n) is 3.20. The van der Waals surface area contributed by atoms with E-state index in [1.807, 2.05) is 6.92 Å². The molecule has 9 heteroatoms. The van der Waals surface area contributed by atoms with Gasteiger partial charge in [-0.15, -0.1) is 0 Å². The van der Waals surface area contributed by atoms with Gasteiger partial charge in [0.25, 0.3) is 0 Å². The van der Waals surface area contributed by atoms with Crippen LogP contribution in [-0.2, 0) is 28.6 Å². The summed E-state index contributed by atoms with van der Waals surface area (Å²) in [6.45, 7) is 4.65. The van der Waals surface area contributed by atoms with Crippen molar-refractivity contribution in [3.63, 3.8) is 0 Å². The molecule has 1 N–H and O–H groups in total. The summed E-state index contributed by atoms with van der Waals surface area (Å²) in [5, 5.41) is 3.48. The smallest absolute Gasteiger partial charge is 0.339 e. The molecule has 0 unspecified atom stereocenters. The second-order valence-electron chi connectivity index (χ2n) is 6.59. The number of dihydropyridines is 1. The number of methoxy groups -OCH3 is 1. The summed E-state index contributed by atoms with van der Waals surface area (Å²) in [6.07, 6.45) is 0.832. The molecule has 0 saturated heterocycles. The first-order valence-electron chi connectivity index (χ1n) is 9.26. The topological polar surface area (TPSA) is 90.9 Å². The van der Waals surface area contributed by atoms with Crippen LogP contribution >= 0.6 is 23.2 Å². The molecule has 1 atom stereocenters. The summed E-state index contributed by atoms with van der Waals surface area (Å²) >= 11 is 12.6. The Balaban J connectivity index is 2.46. The molecule has 0 fully saturated rings. The highest BCUT2D eigenvalue weighted by Crippen LogP contribution is 2.43. The molecular formula is C21H23Cl2NO6. The highest BCUT2D eigenvalue weighted by atomic mass is 35.5. The zero-order valence-electron chi connectivity index (χ0n) is 17.1. The van der Waals surface area contributed by atoms with Crippen molar-refractivity contribution < 1.29 is 28.6 Å². The van der Waals surface area contributed by atoms with Gasteiger partial charge in [0.1, 0.15) is 0 Å². The molecular weight excluding hydrogens is 433 g/mol. The summed E-state index contributed by atoms with van der Waals surface area (Å²) in [5.41, 5.74) is 1.75. The van der Waals surface area contributed by atoms with Crippen LogP contribution < -0.4 is 5.32 Å². The van der Waals surface area contributed by atoms with Crippen LogP contribution in [0.25, 0.3) is 0 Å². The maximum absolute atomic E-state index is 12.9. The van der Waals surface area contributed by atoms with Gasteiger partial charge in [-0.25, -0.2) is 9.59 Å². The van der Waals surface area contributed by atoms with Crippen LogP contribution in [0.15, 0.2) is 40.7 Å². The number of nitrogens with one attached hydrogen (secondary N) is 1. The number of carbonyl (C=O) groups is 3. The molecule has 1 aromatic carbocycles. The first-order valence-corrected chi connectivity index (χ1v) is 10.0. The predicted molar refractivity (Wildman–Crippen MR) is 112 cm³/mol. The molecule has 0 bridgehead atoms. The van der Waals surface area contributed by atoms with Crippen LogP contribution in [0.1, 0.15) is 45.1 Å². The second kappa shape index (κ2) is 10.5. The lowest BCUT2D eigenvalue weighted by molar-refractivity contribution is -0.164. The minimum atomic E-state index is -0.885. The molecule has 0 radical (unpaired) electrons. The number of allylic oxidation sites excluding steroid dienone is 2. The van der Waals surface area contributed by atoms with Gasteiger partial charge in [-0.05, 0) is 31.9 Å². The normalized spacial score (nSPS) is 16.1. The van der Waals surface area contributed by atoms with Gasteiger partial charge in [-0.1, -0.05) is 42.3 Å². The molecule has 1 aliphatic heterocycles. The summed E-state index contributed by atoms with van der Waals surface area (Å²) < 4.78 is 15.0. The molecule has 0 aliphatic carbocycles. The highest BCUT2D eigenvalue weighted by molar-refractivity contribution is 6.42. The van der Waals surface area contributed by atoms with Crippen LogP contribution in [0.3, 0.4) is 0 Å². The Bertz CT molecular complexity index is 922. The zero-order valence-corrected chi connectivity index (χ0v) is 18.6. The number of esters is 3. The quantitative estimate of drug-likeness (QED) is 0.485. The Morgan fingerprint density at radius 1 is 1.03 bits per heavy atom. The molecule has 1 heterocycles. The molecule has 0 amide bonds. The van der Waals surface area contributed by atoms with Crippen LogP contribution in [0, 0.1) is 0 Å². The minimum absolute atomic E-state index is 0.136. The van der Waals surface area contributed by atoms with Gasteiger partial charge in [0, 0.05) is 17.8 Å². The Morgan fingerprint density at radius 3 is 2.27 bits per heavy atom. The lowest BCUT2D eigenvalue weighted by atomic mass is 9.80. The Hall–Kier alpha value is -2.51. The van der Waals surface area contributed by atoms with Gasteiger partial charge in [0.15, 0.2) is 0 Å². The molecule has 0 saturated carbocycles. The zero-order chi connectivity index (χ0) is 22.4. The third kappa shape index (κ3) is 5.15. The van der Waals surface area contributed by atoms with E-state index in [0.29, 0.717) is 23.4 Å². The SMILES string of the molecule is CCCC(=O)OCOC(=O)C1=C(C)NC(C)=C(C(=O)OC)[C@@H]1c1cccc(Cl)c1Cl. The Morgan fingerprint density at radius 2 is 1.67 bits per heavy atom. The van der Waals surface area contributed by atoms with Crippen molar-refractivity contribution in [2.45, 2.75) is 39.5 Å². The van der Waals surface area contributed by atoms with E-state index in [1.54, 1.807) is 32.0 Å². The van der Waals surface area contributed by atoms with Gasteiger partial charge in [0.05, 0.1) is 34.2 Å². The summed E-state index contributed by atoms with van der Waals surface area (Å²) in [7, 11) is 1.25. The van der Waals surface area contributed by atoms with E-state index >= 15 is 0 Å². The van der Waals surface area contributed by atoms with E-state index in [-0.39, 0.29) is 27.6 Å². The number of hydrogen-bond donors (Lipinski definition) is 1. The third-order valence-corrected chi connectivity index (χ3v) is 5.38. The first-order chi connectivity index (χ1) is 14.2. The number of rotatable bonds is 7. The Kier molecular flexibility index (Phi) is 8.32. The first kappa shape index (κ1) is 23.8. The molecule has 7 nitrogen and oxygen atoms in total. The monoisotopic (exact) mass is 455 g/mol. The molecule has 0 aromatic heterocycles. The maximum Gasteiger partial charge on any atom is 0.339 e. The molecule has 0 spiro atoms. The van der Waals surface area contributed by atoms with Crippen LogP contribution in [0.2, 0.25) is 10.0 Å². The van der Waals surface area contributed by atoms with E-state index in [4.69, 9.17) is 37.4 Å². The fourth-order valence-corrected chi connectivity index (χ4v) is 3.62. The van der Waals surface area contributed by atoms with Crippen molar-refractivity contribution in [1.29, 1.82) is 0 Å². The number of carbonyl (C=O) groups excluding carboxylic acids is 3. The van der Waals surface area contributed by atoms with Crippen LogP contribution in [0.4, 0.5) is 0 Å². The predicted octanol–water partition coefficient (Wildman–Crippen LogP) is 4.25. The maximum atomic E-state index is 12.9. The van der Waals surface area contributed by atoms with Crippen LogP contribution in [-0.4, -0.2) is 31.8 Å². The van der Waals surface area contributed by atoms with Crippen molar-refractivity contribution in [2.24, 2.45) is 0 Å². The standard InChI is InChI=1S/C21H23Cl2NO6/c1-5-7-15(25)29-10-30-21(27)17-12(3)24-11(2)16(20(26)28-4)18(17)13-8-6-9-14(22)19(13)23/h6,8-9,18,24H,5,7,10H2,1-4H3/t18-/m0/s1. The molecule has 2 rings (SSSR count). The third-order valence-electron chi connectivity index (χ3n) is 4.54. The number of benzene rings is 1. The summed E-state index contributed by atoms with van der Waals surface area (Å²) in [5.74, 6) is -2.76. The van der Waals surface area contributed by atoms with Crippen molar-refractivity contribution in [3.8, 4) is 0 Å². The average Bonchev–Trinajstić information content (AvgIpc) is 2.69. The van der Waals surface area contributed by atoms with Gasteiger partial charge >= 0.3 is 17.9 Å². The van der Waals surface area contributed by atoms with E-state index < -0.39 is 30.6 Å². The van der Waals surface area contributed by atoms with Crippen molar-refractivity contribution in [3.05, 3.63) is 56.3 Å². The fraction of sp³-hybridized carbons (Fsp3) is 0.381. The minimum Gasteiger partial charge on any atom is -0.466 e. The molecule has 1 aliphatic rings. The van der Waals surface area contributed by atoms with Gasteiger partial charge in [-0.2, -0.15) is 0 Å². The number of ether oxygens (including phenoxy) is 3. The van der Waals surface area contributed by atoms with E-state index in [0.717, 1.165) is 0 Å². The van der Waals surface area contributed by atoms with Gasteiger partial charge in [-0.3, -0.25) is 4.79 Å². The lowest BCUT2D eigenvalue weighted by Gasteiger charge is -2.30. The van der Waals surface area contributed by atoms with Gasteiger partial charge in [0.2, 0.25) is 6.79 Å². The summed E-state index contributed by atoms with van der Waals surface area (Å²) in [4.78, 5) is 37.0. The average molecular weight is 456 g/mol. The second-order valence-corrected chi connectivity index (χ2v) is 7.37. The van der Waals surface area contributed by atoms with E-state index in [9.17, 15) is 14.4 Å². The Labute approximate surface area is 185 Å². The summed E-state index contributed by atoms with van der Waals surface area (Å²) in [6, 6.07) is 4.94.